The lowest BCUT2D eigenvalue weighted by Crippen LogP contribution is -2.35. The summed E-state index contributed by atoms with van der Waals surface area (Å²) in [5.41, 5.74) is 0.657. The first-order chi connectivity index (χ1) is 30.0. The normalized spacial score (nSPS) is 17.2. The standard InChI is InChI=1S/C22H21ClF3N3O3S.C20H18ClF3N2O4S/c1-22(32-2)7-8-29(12-22)33(30,31)19-11-27-21(28-19)20(13-3-5-16(24)15(23)9-13)14-4-6-17(25)18(26)10-14;1-11(30-2)9-26-10-18(31(27,28)29)25-20(26)19(12-3-5-15(22)14(21)7-12)13-4-6-16(23)17(24)8-13/h3-6,9-11,20H,7-8,12H2,1-2H3,(H,27,28);3-8,10-11,19H,9H2,1-2H3,(H,27,28,29). The fourth-order valence-electron chi connectivity index (χ4n) is 7.02. The number of rotatable bonds is 13. The average molecular weight is 975 g/mol. The summed E-state index contributed by atoms with van der Waals surface area (Å²) >= 11 is 11.9. The molecule has 7 rings (SSSR count). The van der Waals surface area contributed by atoms with Gasteiger partial charge in [0.2, 0.25) is 5.03 Å². The van der Waals surface area contributed by atoms with Crippen molar-refractivity contribution >= 4 is 43.3 Å². The number of ether oxygens (including phenoxy) is 2. The van der Waals surface area contributed by atoms with Gasteiger partial charge in [0.25, 0.3) is 10.0 Å². The fraction of sp³-hybridized carbons (Fsp3) is 0.286. The summed E-state index contributed by atoms with van der Waals surface area (Å²) in [5.74, 6) is -7.26. The van der Waals surface area contributed by atoms with Crippen LogP contribution in [-0.4, -0.2) is 84.2 Å². The lowest BCUT2D eigenvalue weighted by molar-refractivity contribution is 0.0198. The molecule has 342 valence electrons. The van der Waals surface area contributed by atoms with Gasteiger partial charge in [0.1, 0.15) is 23.3 Å². The number of hydrogen-bond donors (Lipinski definition) is 2. The fourth-order valence-corrected chi connectivity index (χ4v) is 9.33. The lowest BCUT2D eigenvalue weighted by atomic mass is 9.90. The van der Waals surface area contributed by atoms with Gasteiger partial charge in [-0.25, -0.2) is 44.7 Å². The molecule has 64 heavy (non-hydrogen) atoms. The first-order valence-corrected chi connectivity index (χ1v) is 22.7. The van der Waals surface area contributed by atoms with E-state index in [1.165, 1.54) is 65.7 Å². The maximum atomic E-state index is 14.0. The van der Waals surface area contributed by atoms with Crippen LogP contribution in [-0.2, 0) is 36.2 Å². The Labute approximate surface area is 374 Å². The Morgan fingerprint density at radius 2 is 1.25 bits per heavy atom. The number of methoxy groups -OCH3 is 2. The zero-order valence-corrected chi connectivity index (χ0v) is 37.3. The number of aromatic amines is 1. The third-order valence-electron chi connectivity index (χ3n) is 10.6. The van der Waals surface area contributed by atoms with Gasteiger partial charge in [-0.05, 0) is 91.1 Å². The molecule has 0 spiro atoms. The van der Waals surface area contributed by atoms with Gasteiger partial charge in [-0.15, -0.1) is 0 Å². The summed E-state index contributed by atoms with van der Waals surface area (Å²) < 4.78 is 155. The molecule has 1 saturated heterocycles. The Hall–Kier alpha value is -4.80. The van der Waals surface area contributed by atoms with E-state index in [0.29, 0.717) is 17.5 Å². The number of sulfonamides is 1. The first kappa shape index (κ1) is 48.7. The van der Waals surface area contributed by atoms with Gasteiger partial charge in [-0.2, -0.15) is 12.7 Å². The molecule has 1 aliphatic heterocycles. The van der Waals surface area contributed by atoms with Crippen LogP contribution in [0.15, 0.2) is 95.2 Å². The smallest absolute Gasteiger partial charge is 0.313 e. The molecule has 4 aromatic carbocycles. The van der Waals surface area contributed by atoms with Gasteiger partial charge >= 0.3 is 10.1 Å². The molecule has 3 heterocycles. The molecule has 6 aromatic rings. The Balaban J connectivity index is 0.000000213. The zero-order chi connectivity index (χ0) is 46.9. The van der Waals surface area contributed by atoms with Crippen LogP contribution < -0.4 is 0 Å². The molecule has 1 aliphatic rings. The zero-order valence-electron chi connectivity index (χ0n) is 34.2. The number of halogens is 8. The quantitative estimate of drug-likeness (QED) is 0.0853. The topological polar surface area (TPSA) is 157 Å². The number of H-pyrrole nitrogens is 1. The van der Waals surface area contributed by atoms with Crippen LogP contribution >= 0.6 is 23.2 Å². The predicted octanol–water partition coefficient (Wildman–Crippen LogP) is 8.88. The Kier molecular flexibility index (Phi) is 14.7. The molecule has 12 nitrogen and oxygen atoms in total. The van der Waals surface area contributed by atoms with E-state index in [4.69, 9.17) is 32.7 Å². The minimum atomic E-state index is -4.67. The minimum absolute atomic E-state index is 0.0743. The molecule has 4 unspecified atom stereocenters. The number of hydrogen-bond acceptors (Lipinski definition) is 8. The maximum Gasteiger partial charge on any atom is 0.313 e. The van der Waals surface area contributed by atoms with Crippen molar-refractivity contribution in [2.45, 2.75) is 60.4 Å². The first-order valence-electron chi connectivity index (χ1n) is 19.0. The van der Waals surface area contributed by atoms with Crippen LogP contribution in [0.25, 0.3) is 0 Å². The van der Waals surface area contributed by atoms with E-state index in [9.17, 15) is 47.7 Å². The van der Waals surface area contributed by atoms with E-state index in [-0.39, 0.29) is 63.6 Å². The van der Waals surface area contributed by atoms with Crippen molar-refractivity contribution in [3.8, 4) is 0 Å². The molecular formula is C42H39Cl2F6N5O7S2. The van der Waals surface area contributed by atoms with E-state index in [0.717, 1.165) is 42.6 Å². The highest BCUT2D eigenvalue weighted by Gasteiger charge is 2.41. The predicted molar refractivity (Wildman–Crippen MR) is 223 cm³/mol. The largest absolute Gasteiger partial charge is 0.380 e. The maximum absolute atomic E-state index is 14.0. The number of aromatic nitrogens is 4. The molecule has 0 radical (unpaired) electrons. The van der Waals surface area contributed by atoms with Crippen molar-refractivity contribution < 1.29 is 57.2 Å². The van der Waals surface area contributed by atoms with Gasteiger partial charge in [-0.1, -0.05) is 47.5 Å². The van der Waals surface area contributed by atoms with E-state index in [1.54, 1.807) is 6.92 Å². The number of nitrogens with one attached hydrogen (secondary N) is 1. The number of benzene rings is 4. The second kappa shape index (κ2) is 19.4. The lowest BCUT2D eigenvalue weighted by Gasteiger charge is -2.22. The van der Waals surface area contributed by atoms with Crippen molar-refractivity contribution in [2.75, 3.05) is 27.3 Å². The van der Waals surface area contributed by atoms with Crippen LogP contribution in [0.2, 0.25) is 10.0 Å². The van der Waals surface area contributed by atoms with Crippen molar-refractivity contribution in [2.24, 2.45) is 0 Å². The molecule has 2 N–H and O–H groups in total. The van der Waals surface area contributed by atoms with Crippen molar-refractivity contribution in [3.05, 3.63) is 164 Å². The molecule has 2 aromatic heterocycles. The van der Waals surface area contributed by atoms with Gasteiger partial charge in [-0.3, -0.25) is 4.55 Å². The van der Waals surface area contributed by atoms with Crippen molar-refractivity contribution in [1.82, 2.24) is 23.8 Å². The SMILES string of the molecule is COC(C)Cn1cc(S(=O)(=O)O)nc1C(c1ccc(F)c(F)c1)c1ccc(F)c(Cl)c1.COC1(C)CCN(S(=O)(=O)c2c[nH]c(C(c3ccc(F)c(F)c3)c3ccc(F)c(Cl)c3)n2)C1. The van der Waals surface area contributed by atoms with Gasteiger partial charge in [0, 0.05) is 46.2 Å². The van der Waals surface area contributed by atoms with Gasteiger partial charge < -0.3 is 19.0 Å². The molecule has 1 fully saturated rings. The van der Waals surface area contributed by atoms with Crippen molar-refractivity contribution in [1.29, 1.82) is 0 Å². The van der Waals surface area contributed by atoms with Crippen molar-refractivity contribution in [3.63, 3.8) is 0 Å². The molecule has 0 aliphatic carbocycles. The Morgan fingerprint density at radius 1 is 0.750 bits per heavy atom. The monoisotopic (exact) mass is 973 g/mol. The van der Waals surface area contributed by atoms with Crippen LogP contribution in [0.4, 0.5) is 26.3 Å². The third kappa shape index (κ3) is 10.7. The second-order valence-corrected chi connectivity index (χ2v) is 19.1. The van der Waals surface area contributed by atoms with E-state index >= 15 is 0 Å². The van der Waals surface area contributed by atoms with E-state index in [2.05, 4.69) is 15.0 Å². The number of imidazole rings is 2. The highest BCUT2D eigenvalue weighted by molar-refractivity contribution is 7.89. The molecule has 22 heteroatoms. The summed E-state index contributed by atoms with van der Waals surface area (Å²) in [4.78, 5) is 11.2. The van der Waals surface area contributed by atoms with Crippen LogP contribution in [0.5, 0.6) is 0 Å². The second-order valence-electron chi connectivity index (χ2n) is 15.0. The summed E-state index contributed by atoms with van der Waals surface area (Å²) in [7, 11) is -5.62. The molecule has 0 bridgehead atoms. The Bertz CT molecular complexity index is 2800. The highest BCUT2D eigenvalue weighted by atomic mass is 35.5. The highest BCUT2D eigenvalue weighted by Crippen LogP contribution is 2.37. The van der Waals surface area contributed by atoms with E-state index in [1.807, 2.05) is 6.92 Å². The summed E-state index contributed by atoms with van der Waals surface area (Å²) in [6, 6.07) is 14.1. The third-order valence-corrected chi connectivity index (χ3v) is 13.7. The van der Waals surface area contributed by atoms with Crippen LogP contribution in [0, 0.1) is 34.9 Å². The molecule has 4 atom stereocenters. The Morgan fingerprint density at radius 3 is 1.72 bits per heavy atom. The molecule has 0 saturated carbocycles. The minimum Gasteiger partial charge on any atom is -0.380 e. The van der Waals surface area contributed by atoms with Crippen LogP contribution in [0.3, 0.4) is 0 Å². The number of nitrogens with zero attached hydrogens (tertiary/aromatic N) is 4. The average Bonchev–Trinajstić information content (AvgIpc) is 4.01. The summed E-state index contributed by atoms with van der Waals surface area (Å²) in [6.45, 7) is 4.13. The van der Waals surface area contributed by atoms with Gasteiger partial charge in [0.15, 0.2) is 28.3 Å². The van der Waals surface area contributed by atoms with E-state index < -0.39 is 77.5 Å². The summed E-state index contributed by atoms with van der Waals surface area (Å²) in [5, 5.41) is -1.25. The van der Waals surface area contributed by atoms with Gasteiger partial charge in [0.05, 0.1) is 33.6 Å². The summed E-state index contributed by atoms with van der Waals surface area (Å²) in [6.07, 6.45) is 2.50. The molecule has 0 amide bonds. The van der Waals surface area contributed by atoms with Crippen LogP contribution in [0.1, 0.15) is 66.0 Å². The molecular weight excluding hydrogens is 936 g/mol.